The van der Waals surface area contributed by atoms with Gasteiger partial charge in [0.05, 0.1) is 11.2 Å². The molecule has 0 radical (unpaired) electrons. The van der Waals surface area contributed by atoms with Crippen molar-refractivity contribution in [2.24, 2.45) is 5.41 Å². The predicted octanol–water partition coefficient (Wildman–Crippen LogP) is 3.43. The van der Waals surface area contributed by atoms with Crippen molar-refractivity contribution in [1.29, 1.82) is 0 Å². The molecule has 150 valence electrons. The van der Waals surface area contributed by atoms with Crippen molar-refractivity contribution < 1.29 is 27.9 Å². The van der Waals surface area contributed by atoms with Crippen LogP contribution in [0.1, 0.15) is 48.0 Å². The van der Waals surface area contributed by atoms with Crippen molar-refractivity contribution in [3.63, 3.8) is 0 Å². The highest BCUT2D eigenvalue weighted by Gasteiger charge is 2.48. The van der Waals surface area contributed by atoms with Crippen LogP contribution in [0.25, 0.3) is 0 Å². The molecule has 0 unspecified atom stereocenters. The third-order valence-corrected chi connectivity index (χ3v) is 4.78. The summed E-state index contributed by atoms with van der Waals surface area (Å²) in [7, 11) is -0.0308. The minimum atomic E-state index is -0.160. The molecule has 3 aliphatic heterocycles. The van der Waals surface area contributed by atoms with Gasteiger partial charge in [-0.1, -0.05) is 13.8 Å². The lowest BCUT2D eigenvalue weighted by Gasteiger charge is -2.32. The molecule has 26 heavy (non-hydrogen) atoms. The Morgan fingerprint density at radius 1 is 0.577 bits per heavy atom. The minimum absolute atomic E-state index is 0.00183. The first-order valence-corrected chi connectivity index (χ1v) is 9.67. The lowest BCUT2D eigenvalue weighted by molar-refractivity contribution is 0.00578. The summed E-state index contributed by atoms with van der Waals surface area (Å²) in [5.41, 5.74) is -0.106. The second-order valence-electron chi connectivity index (χ2n) is 8.84. The van der Waals surface area contributed by atoms with Gasteiger partial charge in [-0.15, -0.1) is 0 Å². The van der Waals surface area contributed by atoms with Gasteiger partial charge >= 0.3 is 21.4 Å². The average Bonchev–Trinajstić information content (AvgIpc) is 2.70. The summed E-state index contributed by atoms with van der Waals surface area (Å²) in [6.45, 7) is 21.6. The molecule has 3 fully saturated rings. The second-order valence-corrected chi connectivity index (χ2v) is 8.84. The number of hydrogen-bond acceptors (Lipinski definition) is 6. The van der Waals surface area contributed by atoms with Crippen LogP contribution in [0.5, 0.6) is 0 Å². The highest BCUT2D eigenvalue weighted by Crippen LogP contribution is 2.36. The van der Waals surface area contributed by atoms with E-state index in [1.54, 1.807) is 0 Å². The normalized spacial score (nSPS) is 26.4. The van der Waals surface area contributed by atoms with E-state index in [4.69, 9.17) is 27.9 Å². The Bertz CT molecular complexity index is 387. The molecule has 0 aromatic heterocycles. The van der Waals surface area contributed by atoms with E-state index < -0.39 is 0 Å². The van der Waals surface area contributed by atoms with Gasteiger partial charge < -0.3 is 27.9 Å². The molecule has 3 saturated heterocycles. The van der Waals surface area contributed by atoms with Gasteiger partial charge in [0.1, 0.15) is 0 Å². The summed E-state index contributed by atoms with van der Waals surface area (Å²) in [4.78, 5) is 0. The van der Waals surface area contributed by atoms with Crippen LogP contribution in [0.15, 0.2) is 0 Å². The minimum Gasteiger partial charge on any atom is -0.411 e. The third-order valence-electron chi connectivity index (χ3n) is 4.78. The Morgan fingerprint density at radius 2 is 0.962 bits per heavy atom. The van der Waals surface area contributed by atoms with Crippen LogP contribution in [0.3, 0.4) is 0 Å². The van der Waals surface area contributed by atoms with Gasteiger partial charge in [-0.3, -0.25) is 0 Å². The van der Waals surface area contributed by atoms with E-state index in [0.29, 0.717) is 0 Å². The zero-order valence-electron chi connectivity index (χ0n) is 18.2. The number of rotatable bonds is 0. The van der Waals surface area contributed by atoms with Gasteiger partial charge in [-0.05, 0) is 54.6 Å². The van der Waals surface area contributed by atoms with Crippen LogP contribution in [0, 0.1) is 5.41 Å². The Balaban J connectivity index is 0.000000198. The fourth-order valence-electron chi connectivity index (χ4n) is 2.52. The maximum absolute atomic E-state index is 5.54. The van der Waals surface area contributed by atoms with Crippen molar-refractivity contribution >= 4 is 21.4 Å². The van der Waals surface area contributed by atoms with Crippen LogP contribution in [0.2, 0.25) is 20.5 Å². The lowest BCUT2D eigenvalue weighted by atomic mass is 9.86. The van der Waals surface area contributed by atoms with Gasteiger partial charge in [0.2, 0.25) is 0 Å². The van der Waals surface area contributed by atoms with Crippen LogP contribution in [0.4, 0.5) is 0 Å². The van der Waals surface area contributed by atoms with E-state index in [9.17, 15) is 0 Å². The molecule has 0 spiro atoms. The second kappa shape index (κ2) is 9.94. The average molecular weight is 370 g/mol. The fourth-order valence-corrected chi connectivity index (χ4v) is 2.52. The molecule has 3 heterocycles. The van der Waals surface area contributed by atoms with E-state index >= 15 is 0 Å². The molecule has 0 atom stereocenters. The van der Waals surface area contributed by atoms with Crippen LogP contribution in [-0.2, 0) is 27.9 Å². The van der Waals surface area contributed by atoms with Crippen molar-refractivity contribution in [3.8, 4) is 0 Å². The maximum atomic E-state index is 5.54. The highest BCUT2D eigenvalue weighted by molar-refractivity contribution is 6.43. The first-order valence-electron chi connectivity index (χ1n) is 9.67. The Kier molecular flexibility index (Phi) is 9.17. The summed E-state index contributed by atoms with van der Waals surface area (Å²) in [6.07, 6.45) is 1.05. The zero-order valence-corrected chi connectivity index (χ0v) is 18.2. The van der Waals surface area contributed by atoms with Gasteiger partial charge in [-0.25, -0.2) is 0 Å². The summed E-state index contributed by atoms with van der Waals surface area (Å²) in [6, 6.07) is 0. The molecule has 0 bridgehead atoms. The van der Waals surface area contributed by atoms with Crippen molar-refractivity contribution in [3.05, 3.63) is 0 Å². The van der Waals surface area contributed by atoms with Gasteiger partial charge in [-0.2, -0.15) is 0 Å². The van der Waals surface area contributed by atoms with Gasteiger partial charge in [0, 0.05) is 31.8 Å². The zero-order chi connectivity index (χ0) is 20.0. The van der Waals surface area contributed by atoms with E-state index in [-0.39, 0.29) is 38.0 Å². The molecule has 6 nitrogen and oxygen atoms in total. The summed E-state index contributed by atoms with van der Waals surface area (Å²) in [5, 5.41) is 0. The molecule has 3 rings (SSSR count). The largest absolute Gasteiger partial charge is 0.454 e. The first-order chi connectivity index (χ1) is 11.8. The van der Waals surface area contributed by atoms with Crippen LogP contribution < -0.4 is 0 Å². The molecule has 0 saturated carbocycles. The van der Waals surface area contributed by atoms with Crippen LogP contribution >= 0.6 is 0 Å². The third kappa shape index (κ3) is 8.32. The fraction of sp³-hybridized carbons (Fsp3) is 1.00. The molecule has 0 amide bonds. The number of hydrogen-bond donors (Lipinski definition) is 0. The molecular formula is C17H37B3O6. The lowest BCUT2D eigenvalue weighted by Crippen LogP contribution is -2.41. The molecule has 0 aliphatic carbocycles. The van der Waals surface area contributed by atoms with Crippen molar-refractivity contribution in [2.45, 2.75) is 79.6 Å². The van der Waals surface area contributed by atoms with Crippen molar-refractivity contribution in [1.82, 2.24) is 0 Å². The highest BCUT2D eigenvalue weighted by atomic mass is 16.7. The maximum Gasteiger partial charge on any atom is 0.454 e. The van der Waals surface area contributed by atoms with E-state index in [2.05, 4.69) is 41.5 Å². The van der Waals surface area contributed by atoms with Gasteiger partial charge in [0.15, 0.2) is 0 Å². The molecular weight excluding hydrogens is 333 g/mol. The standard InChI is InChI=1S/C7H15BO2.C6H13BO2.C4H9BO2/c1-6(2)7(3,4)10-8(5)9-6;1-6(2)4-8-7(3)9-5-6;1-5-6-3-2-4-7-5/h1-5H3;4-5H2,1-3H3;2-4H2,1H3. The molecule has 0 aromatic rings. The SMILES string of the molecule is CB1OC(C)(C)C(C)(C)O1.CB1OCC(C)(C)CO1.CB1OCCCO1. The molecule has 3 aliphatic rings. The molecule has 9 heteroatoms. The van der Waals surface area contributed by atoms with E-state index in [1.807, 2.05) is 20.5 Å². The summed E-state index contributed by atoms with van der Waals surface area (Å²) in [5.74, 6) is 0. The summed E-state index contributed by atoms with van der Waals surface area (Å²) < 4.78 is 31.7. The Labute approximate surface area is 161 Å². The first kappa shape index (κ1) is 24.0. The van der Waals surface area contributed by atoms with E-state index in [0.717, 1.165) is 32.8 Å². The van der Waals surface area contributed by atoms with Gasteiger partial charge in [0.25, 0.3) is 0 Å². The molecule has 0 aromatic carbocycles. The van der Waals surface area contributed by atoms with Crippen LogP contribution in [-0.4, -0.2) is 59.0 Å². The predicted molar refractivity (Wildman–Crippen MR) is 107 cm³/mol. The Morgan fingerprint density at radius 3 is 1.19 bits per heavy atom. The monoisotopic (exact) mass is 370 g/mol. The Hall–Kier alpha value is -0.0452. The summed E-state index contributed by atoms with van der Waals surface area (Å²) >= 11 is 0. The molecule has 0 N–H and O–H groups in total. The quantitative estimate of drug-likeness (QED) is 0.610. The van der Waals surface area contributed by atoms with E-state index in [1.165, 1.54) is 0 Å². The smallest absolute Gasteiger partial charge is 0.411 e. The topological polar surface area (TPSA) is 55.4 Å². The van der Waals surface area contributed by atoms with Crippen molar-refractivity contribution in [2.75, 3.05) is 26.4 Å².